The third-order valence-electron chi connectivity index (χ3n) is 4.27. The van der Waals surface area contributed by atoms with Crippen LogP contribution in [0.4, 0.5) is 0 Å². The first-order chi connectivity index (χ1) is 10.6. The highest BCUT2D eigenvalue weighted by molar-refractivity contribution is 5.86. The lowest BCUT2D eigenvalue weighted by molar-refractivity contribution is -0.144. The van der Waals surface area contributed by atoms with Gasteiger partial charge in [0.05, 0.1) is 13.0 Å². The smallest absolute Gasteiger partial charge is 0.306 e. The fourth-order valence-electron chi connectivity index (χ4n) is 3.14. The van der Waals surface area contributed by atoms with E-state index < -0.39 is 5.41 Å². The number of fused-ring (bicyclic) bond motifs is 1. The van der Waals surface area contributed by atoms with E-state index in [2.05, 4.69) is 17.4 Å². The summed E-state index contributed by atoms with van der Waals surface area (Å²) in [6.45, 7) is 2.62. The minimum absolute atomic E-state index is 0.0162. The van der Waals surface area contributed by atoms with Crippen molar-refractivity contribution in [2.75, 3.05) is 13.2 Å². The Morgan fingerprint density at radius 3 is 2.68 bits per heavy atom. The number of nitrogens with one attached hydrogen (secondary N) is 1. The van der Waals surface area contributed by atoms with Crippen LogP contribution in [0.5, 0.6) is 0 Å². The molecule has 22 heavy (non-hydrogen) atoms. The van der Waals surface area contributed by atoms with E-state index in [1.807, 2.05) is 30.3 Å². The maximum Gasteiger partial charge on any atom is 0.306 e. The van der Waals surface area contributed by atoms with Gasteiger partial charge in [0, 0.05) is 18.4 Å². The molecule has 1 amide bonds. The number of hydrogen-bond donors (Lipinski definition) is 1. The number of carbonyl (C=O) groups excluding carboxylic acids is 2. The number of ether oxygens (including phenoxy) is 1. The average Bonchev–Trinajstić information content (AvgIpc) is 2.89. The minimum atomic E-state index is -0.507. The SMILES string of the molecule is CCOC(=O)CC1(c2ccc3ccccc3c2)CNC(=O)C1. The van der Waals surface area contributed by atoms with Gasteiger partial charge in [0.2, 0.25) is 5.91 Å². The summed E-state index contributed by atoms with van der Waals surface area (Å²) in [6.07, 6.45) is 0.544. The highest BCUT2D eigenvalue weighted by Crippen LogP contribution is 2.36. The first-order valence-corrected chi connectivity index (χ1v) is 7.54. The molecule has 0 aliphatic carbocycles. The summed E-state index contributed by atoms with van der Waals surface area (Å²) in [5.41, 5.74) is 0.505. The first-order valence-electron chi connectivity index (χ1n) is 7.54. The Kier molecular flexibility index (Phi) is 3.84. The summed E-state index contributed by atoms with van der Waals surface area (Å²) < 4.78 is 5.10. The highest BCUT2D eigenvalue weighted by Gasteiger charge is 2.42. The number of rotatable bonds is 4. The second-order valence-corrected chi connectivity index (χ2v) is 5.78. The molecule has 1 unspecified atom stereocenters. The van der Waals surface area contributed by atoms with Crippen molar-refractivity contribution in [1.29, 1.82) is 0 Å². The van der Waals surface area contributed by atoms with Crippen LogP contribution in [-0.2, 0) is 19.7 Å². The lowest BCUT2D eigenvalue weighted by atomic mass is 9.76. The molecule has 1 heterocycles. The molecule has 0 radical (unpaired) electrons. The number of esters is 1. The van der Waals surface area contributed by atoms with Crippen molar-refractivity contribution in [3.63, 3.8) is 0 Å². The molecule has 0 aromatic heterocycles. The van der Waals surface area contributed by atoms with Crippen LogP contribution >= 0.6 is 0 Å². The van der Waals surface area contributed by atoms with Gasteiger partial charge in [0.25, 0.3) is 0 Å². The van der Waals surface area contributed by atoms with E-state index in [-0.39, 0.29) is 18.3 Å². The van der Waals surface area contributed by atoms with Gasteiger partial charge in [-0.1, -0.05) is 42.5 Å². The quantitative estimate of drug-likeness (QED) is 0.882. The van der Waals surface area contributed by atoms with Crippen LogP contribution in [0.3, 0.4) is 0 Å². The monoisotopic (exact) mass is 297 g/mol. The van der Waals surface area contributed by atoms with Gasteiger partial charge in [-0.2, -0.15) is 0 Å². The minimum Gasteiger partial charge on any atom is -0.466 e. The third kappa shape index (κ3) is 2.69. The van der Waals surface area contributed by atoms with Gasteiger partial charge in [-0.25, -0.2) is 0 Å². The van der Waals surface area contributed by atoms with Crippen LogP contribution in [0.15, 0.2) is 42.5 Å². The molecule has 1 N–H and O–H groups in total. The van der Waals surface area contributed by atoms with E-state index in [4.69, 9.17) is 4.74 Å². The van der Waals surface area contributed by atoms with Gasteiger partial charge in [0.15, 0.2) is 0 Å². The van der Waals surface area contributed by atoms with Crippen molar-refractivity contribution in [3.05, 3.63) is 48.0 Å². The van der Waals surface area contributed by atoms with Gasteiger partial charge in [-0.05, 0) is 23.3 Å². The normalized spacial score (nSPS) is 20.9. The lowest BCUT2D eigenvalue weighted by Crippen LogP contribution is -2.32. The summed E-state index contributed by atoms with van der Waals surface area (Å²) >= 11 is 0. The molecule has 1 aliphatic heterocycles. The van der Waals surface area contributed by atoms with Crippen LogP contribution in [0.2, 0.25) is 0 Å². The van der Waals surface area contributed by atoms with Gasteiger partial charge in [-0.15, -0.1) is 0 Å². The van der Waals surface area contributed by atoms with Gasteiger partial charge in [-0.3, -0.25) is 9.59 Å². The average molecular weight is 297 g/mol. The van der Waals surface area contributed by atoms with Crippen molar-refractivity contribution in [1.82, 2.24) is 5.32 Å². The molecule has 1 atom stereocenters. The lowest BCUT2D eigenvalue weighted by Gasteiger charge is -2.27. The Balaban J connectivity index is 2.00. The van der Waals surface area contributed by atoms with Crippen LogP contribution < -0.4 is 5.32 Å². The standard InChI is InChI=1S/C18H19NO3/c1-2-22-17(21)11-18(10-16(20)19-12-18)15-8-7-13-5-3-4-6-14(13)9-15/h3-9H,2,10-12H2,1H3,(H,19,20). The fraction of sp³-hybridized carbons (Fsp3) is 0.333. The Labute approximate surface area is 129 Å². The van der Waals surface area contributed by atoms with Crippen LogP contribution in [0.25, 0.3) is 10.8 Å². The fourth-order valence-corrected chi connectivity index (χ4v) is 3.14. The Morgan fingerprint density at radius 1 is 1.23 bits per heavy atom. The predicted molar refractivity (Wildman–Crippen MR) is 84.5 cm³/mol. The summed E-state index contributed by atoms with van der Waals surface area (Å²) in [5.74, 6) is -0.274. The number of benzene rings is 2. The molecule has 1 aliphatic rings. The molecule has 4 heteroatoms. The molecule has 2 aromatic carbocycles. The van der Waals surface area contributed by atoms with Gasteiger partial charge in [0.1, 0.15) is 0 Å². The van der Waals surface area contributed by atoms with E-state index in [9.17, 15) is 9.59 Å². The maximum atomic E-state index is 12.0. The zero-order chi connectivity index (χ0) is 15.6. The maximum absolute atomic E-state index is 12.0. The summed E-state index contributed by atoms with van der Waals surface area (Å²) in [6, 6.07) is 14.2. The highest BCUT2D eigenvalue weighted by atomic mass is 16.5. The zero-order valence-electron chi connectivity index (χ0n) is 12.6. The first kappa shape index (κ1) is 14.6. The van der Waals surface area contributed by atoms with E-state index in [0.29, 0.717) is 19.6 Å². The number of hydrogen-bond acceptors (Lipinski definition) is 3. The molecule has 1 fully saturated rings. The summed E-state index contributed by atoms with van der Waals surface area (Å²) in [4.78, 5) is 23.8. The van der Waals surface area contributed by atoms with Gasteiger partial charge >= 0.3 is 5.97 Å². The van der Waals surface area contributed by atoms with Gasteiger partial charge < -0.3 is 10.1 Å². The molecule has 114 valence electrons. The molecular weight excluding hydrogens is 278 g/mol. The largest absolute Gasteiger partial charge is 0.466 e. The predicted octanol–water partition coefficient (Wildman–Crippen LogP) is 2.55. The Bertz CT molecular complexity index is 725. The third-order valence-corrected chi connectivity index (χ3v) is 4.27. The van der Waals surface area contributed by atoms with Crippen molar-refractivity contribution in [3.8, 4) is 0 Å². The molecular formula is C18H19NO3. The second kappa shape index (κ2) is 5.79. The number of carbonyl (C=O) groups is 2. The Morgan fingerprint density at radius 2 is 2.00 bits per heavy atom. The van der Waals surface area contributed by atoms with E-state index in [1.54, 1.807) is 6.92 Å². The molecule has 0 spiro atoms. The molecule has 0 bridgehead atoms. The summed E-state index contributed by atoms with van der Waals surface area (Å²) in [7, 11) is 0. The molecule has 0 saturated carbocycles. The van der Waals surface area contributed by atoms with Crippen LogP contribution in [0, 0.1) is 0 Å². The van der Waals surface area contributed by atoms with E-state index in [1.165, 1.54) is 0 Å². The Hall–Kier alpha value is -2.36. The van der Waals surface area contributed by atoms with Crippen molar-refractivity contribution >= 4 is 22.6 Å². The van der Waals surface area contributed by atoms with Crippen molar-refractivity contribution in [2.45, 2.75) is 25.2 Å². The van der Waals surface area contributed by atoms with E-state index >= 15 is 0 Å². The molecule has 4 nitrogen and oxygen atoms in total. The van der Waals surface area contributed by atoms with Crippen molar-refractivity contribution in [2.24, 2.45) is 0 Å². The second-order valence-electron chi connectivity index (χ2n) is 5.78. The van der Waals surface area contributed by atoms with Crippen molar-refractivity contribution < 1.29 is 14.3 Å². The van der Waals surface area contributed by atoms with E-state index in [0.717, 1.165) is 16.3 Å². The topological polar surface area (TPSA) is 55.4 Å². The molecule has 3 rings (SSSR count). The molecule has 1 saturated heterocycles. The van der Waals surface area contributed by atoms with Crippen LogP contribution in [-0.4, -0.2) is 25.0 Å². The summed E-state index contributed by atoms with van der Waals surface area (Å²) in [5, 5.41) is 5.12. The van der Waals surface area contributed by atoms with Crippen LogP contribution in [0.1, 0.15) is 25.3 Å². The number of amides is 1. The molecule has 2 aromatic rings. The zero-order valence-corrected chi connectivity index (χ0v) is 12.6.